The Kier molecular flexibility index (Phi) is 5.24. The summed E-state index contributed by atoms with van der Waals surface area (Å²) in [5, 5.41) is 15.0. The molecule has 3 nitrogen and oxygen atoms in total. The maximum absolute atomic E-state index is 10.4. The Hall–Kier alpha value is -0.990. The van der Waals surface area contributed by atoms with Crippen molar-refractivity contribution in [1.29, 1.82) is 0 Å². The Morgan fingerprint density at radius 3 is 2.22 bits per heavy atom. The first-order chi connectivity index (χ1) is 8.41. The van der Waals surface area contributed by atoms with E-state index in [1.54, 1.807) is 0 Å². The van der Waals surface area contributed by atoms with Crippen LogP contribution in [0.15, 0.2) is 0 Å². The van der Waals surface area contributed by atoms with Crippen molar-refractivity contribution in [2.45, 2.75) is 78.7 Å². The number of hydrogen-bond acceptors (Lipinski definition) is 2. The first-order valence-corrected chi connectivity index (χ1v) is 7.20. The van der Waals surface area contributed by atoms with Crippen molar-refractivity contribution in [3.63, 3.8) is 0 Å². The zero-order valence-electron chi connectivity index (χ0n) is 12.6. The monoisotopic (exact) mass is 252 g/mol. The van der Waals surface area contributed by atoms with E-state index in [0.717, 1.165) is 50.0 Å². The van der Waals surface area contributed by atoms with Gasteiger partial charge >= 0.3 is 0 Å². The SMILES string of the molecule is CCCCc1c(O)c(C(C)(C)C)nn1CCCC. The third-order valence-corrected chi connectivity index (χ3v) is 3.23. The van der Waals surface area contributed by atoms with Crippen LogP contribution in [-0.4, -0.2) is 14.9 Å². The molecule has 0 amide bonds. The average Bonchev–Trinajstić information content (AvgIpc) is 2.60. The molecule has 18 heavy (non-hydrogen) atoms. The summed E-state index contributed by atoms with van der Waals surface area (Å²) in [5.74, 6) is 0.423. The fourth-order valence-electron chi connectivity index (χ4n) is 2.08. The second-order valence-corrected chi connectivity index (χ2v) is 6.07. The van der Waals surface area contributed by atoms with Crippen LogP contribution in [0.4, 0.5) is 0 Å². The standard InChI is InChI=1S/C15H28N2O/c1-6-8-10-12-13(18)14(15(3,4)5)16-17(12)11-9-7-2/h18H,6-11H2,1-5H3. The van der Waals surface area contributed by atoms with E-state index in [1.807, 2.05) is 4.68 Å². The first-order valence-electron chi connectivity index (χ1n) is 7.20. The van der Waals surface area contributed by atoms with E-state index in [0.29, 0.717) is 5.75 Å². The van der Waals surface area contributed by atoms with Crippen LogP contribution in [0.1, 0.15) is 71.7 Å². The lowest BCUT2D eigenvalue weighted by molar-refractivity contribution is 0.438. The number of nitrogens with zero attached hydrogens (tertiary/aromatic N) is 2. The molecule has 0 bridgehead atoms. The van der Waals surface area contributed by atoms with Gasteiger partial charge in [0.15, 0.2) is 5.75 Å². The molecule has 0 aliphatic carbocycles. The summed E-state index contributed by atoms with van der Waals surface area (Å²) in [6, 6.07) is 0. The van der Waals surface area contributed by atoms with Crippen molar-refractivity contribution in [3.05, 3.63) is 11.4 Å². The number of hydrogen-bond donors (Lipinski definition) is 1. The topological polar surface area (TPSA) is 38.1 Å². The molecule has 0 aliphatic heterocycles. The van der Waals surface area contributed by atoms with E-state index >= 15 is 0 Å². The fraction of sp³-hybridized carbons (Fsp3) is 0.800. The Morgan fingerprint density at radius 2 is 1.72 bits per heavy atom. The third-order valence-electron chi connectivity index (χ3n) is 3.23. The number of rotatable bonds is 6. The lowest BCUT2D eigenvalue weighted by Gasteiger charge is -2.15. The molecule has 0 spiro atoms. The Balaban J connectivity index is 3.06. The molecule has 0 atom stereocenters. The zero-order chi connectivity index (χ0) is 13.8. The summed E-state index contributed by atoms with van der Waals surface area (Å²) in [6.45, 7) is 11.6. The molecule has 0 saturated heterocycles. The average molecular weight is 252 g/mol. The first kappa shape index (κ1) is 15.1. The minimum Gasteiger partial charge on any atom is -0.504 e. The van der Waals surface area contributed by atoms with Gasteiger partial charge in [0.05, 0.1) is 5.69 Å². The molecule has 1 aromatic rings. The predicted molar refractivity (Wildman–Crippen MR) is 76.1 cm³/mol. The van der Waals surface area contributed by atoms with Gasteiger partial charge in [0, 0.05) is 12.0 Å². The maximum atomic E-state index is 10.4. The molecule has 1 N–H and O–H groups in total. The number of aryl methyl sites for hydroxylation is 1. The normalized spacial score (nSPS) is 12.1. The lowest BCUT2D eigenvalue weighted by Crippen LogP contribution is -2.13. The van der Waals surface area contributed by atoms with Gasteiger partial charge < -0.3 is 5.11 Å². The summed E-state index contributed by atoms with van der Waals surface area (Å²) in [7, 11) is 0. The lowest BCUT2D eigenvalue weighted by atomic mass is 9.91. The highest BCUT2D eigenvalue weighted by atomic mass is 16.3. The Morgan fingerprint density at radius 1 is 1.11 bits per heavy atom. The quantitative estimate of drug-likeness (QED) is 0.830. The van der Waals surface area contributed by atoms with Gasteiger partial charge in [-0.1, -0.05) is 47.5 Å². The maximum Gasteiger partial charge on any atom is 0.160 e. The van der Waals surface area contributed by atoms with E-state index in [1.165, 1.54) is 0 Å². The molecule has 0 unspecified atom stereocenters. The van der Waals surface area contributed by atoms with Gasteiger partial charge in [-0.05, 0) is 19.3 Å². The van der Waals surface area contributed by atoms with Crippen LogP contribution in [-0.2, 0) is 18.4 Å². The van der Waals surface area contributed by atoms with Gasteiger partial charge in [0.1, 0.15) is 5.69 Å². The molecule has 104 valence electrons. The van der Waals surface area contributed by atoms with Crippen molar-refractivity contribution < 1.29 is 5.11 Å². The zero-order valence-corrected chi connectivity index (χ0v) is 12.6. The summed E-state index contributed by atoms with van der Waals surface area (Å²) in [4.78, 5) is 0. The molecule has 0 aromatic carbocycles. The highest BCUT2D eigenvalue weighted by Crippen LogP contribution is 2.33. The molecule has 1 aromatic heterocycles. The number of aromatic nitrogens is 2. The second kappa shape index (κ2) is 6.26. The predicted octanol–water partition coefficient (Wildman–Crippen LogP) is 4.03. The van der Waals surface area contributed by atoms with Crippen LogP contribution < -0.4 is 0 Å². The van der Waals surface area contributed by atoms with E-state index in [9.17, 15) is 5.11 Å². The van der Waals surface area contributed by atoms with Crippen molar-refractivity contribution in [3.8, 4) is 5.75 Å². The molecular weight excluding hydrogens is 224 g/mol. The van der Waals surface area contributed by atoms with Crippen LogP contribution in [0.5, 0.6) is 5.75 Å². The van der Waals surface area contributed by atoms with Crippen LogP contribution in [0.3, 0.4) is 0 Å². The molecule has 1 rings (SSSR count). The van der Waals surface area contributed by atoms with Crippen LogP contribution in [0.25, 0.3) is 0 Å². The van der Waals surface area contributed by atoms with Gasteiger partial charge in [-0.15, -0.1) is 0 Å². The number of aromatic hydroxyl groups is 1. The van der Waals surface area contributed by atoms with Crippen molar-refractivity contribution >= 4 is 0 Å². The fourth-order valence-corrected chi connectivity index (χ4v) is 2.08. The Labute approximate surface area is 111 Å². The molecule has 0 radical (unpaired) electrons. The smallest absolute Gasteiger partial charge is 0.160 e. The molecular formula is C15H28N2O. The summed E-state index contributed by atoms with van der Waals surface area (Å²) in [5.41, 5.74) is 1.77. The second-order valence-electron chi connectivity index (χ2n) is 6.07. The summed E-state index contributed by atoms with van der Waals surface area (Å²) < 4.78 is 2.02. The number of unbranched alkanes of at least 4 members (excludes halogenated alkanes) is 2. The van der Waals surface area contributed by atoms with E-state index < -0.39 is 0 Å². The van der Waals surface area contributed by atoms with E-state index in [-0.39, 0.29) is 5.41 Å². The molecule has 0 aliphatic rings. The third kappa shape index (κ3) is 3.50. The molecule has 0 fully saturated rings. The van der Waals surface area contributed by atoms with Gasteiger partial charge in [-0.2, -0.15) is 5.10 Å². The Bertz CT molecular complexity index is 375. The van der Waals surface area contributed by atoms with Gasteiger partial charge in [0.2, 0.25) is 0 Å². The highest BCUT2D eigenvalue weighted by Gasteiger charge is 2.26. The van der Waals surface area contributed by atoms with Gasteiger partial charge in [0.25, 0.3) is 0 Å². The van der Waals surface area contributed by atoms with Crippen molar-refractivity contribution in [2.24, 2.45) is 0 Å². The summed E-state index contributed by atoms with van der Waals surface area (Å²) >= 11 is 0. The summed E-state index contributed by atoms with van der Waals surface area (Å²) in [6.07, 6.45) is 5.44. The molecule has 0 saturated carbocycles. The van der Waals surface area contributed by atoms with E-state index in [4.69, 9.17) is 0 Å². The van der Waals surface area contributed by atoms with E-state index in [2.05, 4.69) is 39.7 Å². The minimum atomic E-state index is -0.0947. The van der Waals surface area contributed by atoms with Gasteiger partial charge in [-0.3, -0.25) is 4.68 Å². The molecule has 3 heteroatoms. The molecule has 1 heterocycles. The van der Waals surface area contributed by atoms with Gasteiger partial charge in [-0.25, -0.2) is 0 Å². The van der Waals surface area contributed by atoms with Crippen LogP contribution in [0.2, 0.25) is 0 Å². The van der Waals surface area contributed by atoms with Crippen molar-refractivity contribution in [2.75, 3.05) is 0 Å². The van der Waals surface area contributed by atoms with Crippen molar-refractivity contribution in [1.82, 2.24) is 9.78 Å². The van der Waals surface area contributed by atoms with Crippen LogP contribution >= 0.6 is 0 Å². The van der Waals surface area contributed by atoms with Crippen LogP contribution in [0, 0.1) is 0 Å². The largest absolute Gasteiger partial charge is 0.504 e. The minimum absolute atomic E-state index is 0.0947. The highest BCUT2D eigenvalue weighted by molar-refractivity contribution is 5.36.